The van der Waals surface area contributed by atoms with Gasteiger partial charge in [0.15, 0.2) is 17.6 Å². The molecule has 34 heavy (non-hydrogen) atoms. The molecular formula is C18H12Cl2F9N3O2. The van der Waals surface area contributed by atoms with Crippen LogP contribution in [0.15, 0.2) is 29.8 Å². The fourth-order valence-corrected chi connectivity index (χ4v) is 3.36. The average Bonchev–Trinajstić information content (AvgIpc) is 2.69. The predicted molar refractivity (Wildman–Crippen MR) is 104 cm³/mol. The Kier molecular flexibility index (Phi) is 7.90. The van der Waals surface area contributed by atoms with Crippen LogP contribution in [-0.2, 0) is 23.3 Å². The number of alkyl halides is 9. The number of halogens is 11. The summed E-state index contributed by atoms with van der Waals surface area (Å²) < 4.78 is 126. The van der Waals surface area contributed by atoms with E-state index in [1.165, 1.54) is 6.92 Å². The van der Waals surface area contributed by atoms with E-state index in [1.807, 2.05) is 0 Å². The Morgan fingerprint density at radius 1 is 1.12 bits per heavy atom. The summed E-state index contributed by atoms with van der Waals surface area (Å²) in [5.41, 5.74) is -9.69. The van der Waals surface area contributed by atoms with Gasteiger partial charge in [0.05, 0.1) is 16.1 Å². The quantitative estimate of drug-likeness (QED) is 0.230. The van der Waals surface area contributed by atoms with Crippen LogP contribution in [0.5, 0.6) is 0 Å². The van der Waals surface area contributed by atoms with E-state index in [0.29, 0.717) is 10.9 Å². The second-order valence-corrected chi connectivity index (χ2v) is 7.12. The van der Waals surface area contributed by atoms with Gasteiger partial charge in [0.2, 0.25) is 0 Å². The lowest BCUT2D eigenvalue weighted by molar-refractivity contribution is -0.143. The number of benzene rings is 1. The molecule has 2 aromatic rings. The number of hydrogen-bond donors (Lipinski definition) is 0. The summed E-state index contributed by atoms with van der Waals surface area (Å²) in [5.74, 6) is 0. The zero-order valence-corrected chi connectivity index (χ0v) is 18.1. The van der Waals surface area contributed by atoms with E-state index < -0.39 is 70.0 Å². The zero-order chi connectivity index (χ0) is 26.2. The number of ether oxygens (including phenoxy) is 1. The molecule has 0 aliphatic heterocycles. The van der Waals surface area contributed by atoms with Crippen LogP contribution in [0.1, 0.15) is 35.5 Å². The number of hydrogen-bond acceptors (Lipinski definition) is 4. The molecule has 1 unspecified atom stereocenters. The second kappa shape index (κ2) is 9.66. The summed E-state index contributed by atoms with van der Waals surface area (Å²) in [6, 6.07) is -0.147. The van der Waals surface area contributed by atoms with Crippen LogP contribution in [0.4, 0.5) is 45.2 Å². The molecule has 1 heterocycles. The first-order valence-corrected chi connectivity index (χ1v) is 9.52. The van der Waals surface area contributed by atoms with Gasteiger partial charge in [-0.05, 0) is 19.1 Å². The van der Waals surface area contributed by atoms with Crippen molar-refractivity contribution < 1.29 is 44.3 Å². The molecule has 0 aliphatic carbocycles. The van der Waals surface area contributed by atoms with Gasteiger partial charge in [0.25, 0.3) is 5.56 Å². The standard InChI is InChI=1S/C18H12Cl2F9N3O2/c1-3-31-7-30-13(18(27,28)29)12(14(31)33)32(20)15(34-4-2)9-5-8(16(21,22)23)6-10(11(9)19)17(24,25)26/h3,5-7,15H,1,4H2,2H3. The van der Waals surface area contributed by atoms with Crippen LogP contribution in [-0.4, -0.2) is 16.2 Å². The molecule has 1 atom stereocenters. The van der Waals surface area contributed by atoms with E-state index in [9.17, 15) is 44.3 Å². The molecule has 0 saturated heterocycles. The maximum atomic E-state index is 13.5. The molecule has 1 aromatic carbocycles. The highest BCUT2D eigenvalue weighted by molar-refractivity contribution is 6.32. The summed E-state index contributed by atoms with van der Waals surface area (Å²) in [6.07, 6.45) is -17.1. The molecule has 0 fully saturated rings. The summed E-state index contributed by atoms with van der Waals surface area (Å²) in [4.78, 5) is 15.6. The minimum atomic E-state index is -5.39. The molecule has 0 spiro atoms. The van der Waals surface area contributed by atoms with Crippen molar-refractivity contribution in [3.05, 3.63) is 62.8 Å². The molecule has 0 radical (unpaired) electrons. The number of anilines is 1. The number of aromatic nitrogens is 2. The molecule has 188 valence electrons. The average molecular weight is 544 g/mol. The highest BCUT2D eigenvalue weighted by atomic mass is 35.5. The minimum absolute atomic E-state index is 0.108. The molecule has 0 amide bonds. The van der Waals surface area contributed by atoms with E-state index >= 15 is 0 Å². The van der Waals surface area contributed by atoms with Crippen LogP contribution < -0.4 is 9.98 Å². The smallest absolute Gasteiger partial charge is 0.353 e. The van der Waals surface area contributed by atoms with Crippen molar-refractivity contribution in [2.75, 3.05) is 11.0 Å². The van der Waals surface area contributed by atoms with Gasteiger partial charge in [-0.2, -0.15) is 39.5 Å². The molecule has 2 rings (SSSR count). The Balaban J connectivity index is 2.91. The Bertz CT molecular complexity index is 1130. The molecule has 0 bridgehead atoms. The number of rotatable bonds is 6. The van der Waals surface area contributed by atoms with E-state index in [1.54, 1.807) is 0 Å². The Hall–Kier alpha value is -2.45. The van der Waals surface area contributed by atoms with Crippen molar-refractivity contribution in [3.8, 4) is 0 Å². The summed E-state index contributed by atoms with van der Waals surface area (Å²) in [5, 5.41) is -1.33. The van der Waals surface area contributed by atoms with Gasteiger partial charge in [-0.1, -0.05) is 18.2 Å². The Morgan fingerprint density at radius 2 is 1.71 bits per heavy atom. The van der Waals surface area contributed by atoms with Gasteiger partial charge in [-0.3, -0.25) is 9.36 Å². The zero-order valence-electron chi connectivity index (χ0n) is 16.6. The summed E-state index contributed by atoms with van der Waals surface area (Å²) in [6.45, 7) is 3.94. The third-order valence-corrected chi connectivity index (χ3v) is 4.95. The molecule has 0 N–H and O–H groups in total. The first kappa shape index (κ1) is 27.8. The largest absolute Gasteiger partial charge is 0.435 e. The highest BCUT2D eigenvalue weighted by Gasteiger charge is 2.44. The van der Waals surface area contributed by atoms with Crippen molar-refractivity contribution in [2.45, 2.75) is 31.7 Å². The van der Waals surface area contributed by atoms with Crippen molar-refractivity contribution in [1.29, 1.82) is 0 Å². The third kappa shape index (κ3) is 5.61. The number of nitrogens with zero attached hydrogens (tertiary/aromatic N) is 3. The minimum Gasteiger partial charge on any atom is -0.353 e. The van der Waals surface area contributed by atoms with E-state index in [-0.39, 0.29) is 16.6 Å². The van der Waals surface area contributed by atoms with Gasteiger partial charge in [0.1, 0.15) is 6.33 Å². The lowest BCUT2D eigenvalue weighted by Gasteiger charge is -2.30. The van der Waals surface area contributed by atoms with Crippen LogP contribution in [0.3, 0.4) is 0 Å². The second-order valence-electron chi connectivity index (χ2n) is 6.38. The van der Waals surface area contributed by atoms with Crippen molar-refractivity contribution in [3.63, 3.8) is 0 Å². The van der Waals surface area contributed by atoms with Crippen LogP contribution >= 0.6 is 23.4 Å². The van der Waals surface area contributed by atoms with Crippen LogP contribution in [0.2, 0.25) is 5.02 Å². The van der Waals surface area contributed by atoms with Crippen LogP contribution in [0, 0.1) is 0 Å². The molecule has 1 aromatic heterocycles. The maximum Gasteiger partial charge on any atom is 0.435 e. The van der Waals surface area contributed by atoms with E-state index in [2.05, 4.69) is 11.6 Å². The molecular weight excluding hydrogens is 532 g/mol. The van der Waals surface area contributed by atoms with Crippen molar-refractivity contribution in [1.82, 2.24) is 9.55 Å². The highest BCUT2D eigenvalue weighted by Crippen LogP contribution is 2.45. The molecule has 5 nitrogen and oxygen atoms in total. The van der Waals surface area contributed by atoms with Gasteiger partial charge in [-0.25, -0.2) is 9.40 Å². The fourth-order valence-electron chi connectivity index (χ4n) is 2.74. The van der Waals surface area contributed by atoms with E-state index in [4.69, 9.17) is 28.1 Å². The van der Waals surface area contributed by atoms with Gasteiger partial charge in [0, 0.05) is 30.1 Å². The molecule has 16 heteroatoms. The Labute approximate surface area is 195 Å². The predicted octanol–water partition coefficient (Wildman–Crippen LogP) is 6.75. The summed E-state index contributed by atoms with van der Waals surface area (Å²) in [7, 11) is 0. The van der Waals surface area contributed by atoms with Crippen LogP contribution in [0.25, 0.3) is 6.20 Å². The third-order valence-electron chi connectivity index (χ3n) is 4.18. The first-order chi connectivity index (χ1) is 15.4. The lowest BCUT2D eigenvalue weighted by Crippen LogP contribution is -2.33. The molecule has 0 saturated carbocycles. The monoisotopic (exact) mass is 543 g/mol. The SMILES string of the molecule is C=Cn1cnc(C(F)(F)F)c(N(Cl)C(OCC)c2cc(C(F)(F)F)cc(C(F)(F)F)c2Cl)c1=O. The first-order valence-electron chi connectivity index (χ1n) is 8.80. The molecule has 0 aliphatic rings. The summed E-state index contributed by atoms with van der Waals surface area (Å²) >= 11 is 11.7. The van der Waals surface area contributed by atoms with Gasteiger partial charge in [-0.15, -0.1) is 0 Å². The maximum absolute atomic E-state index is 13.5. The van der Waals surface area contributed by atoms with Gasteiger partial charge < -0.3 is 4.74 Å². The normalized spacial score (nSPS) is 13.6. The topological polar surface area (TPSA) is 47.4 Å². The van der Waals surface area contributed by atoms with Gasteiger partial charge >= 0.3 is 18.5 Å². The van der Waals surface area contributed by atoms with E-state index in [0.717, 1.165) is 6.20 Å². The Morgan fingerprint density at radius 3 is 2.15 bits per heavy atom. The van der Waals surface area contributed by atoms with Crippen molar-refractivity contribution >= 4 is 35.3 Å². The fraction of sp³-hybridized carbons (Fsp3) is 0.333. The lowest BCUT2D eigenvalue weighted by atomic mass is 10.0. The van der Waals surface area contributed by atoms with Crippen molar-refractivity contribution in [2.24, 2.45) is 0 Å².